The lowest BCUT2D eigenvalue weighted by Gasteiger charge is -2.10. The van der Waals surface area contributed by atoms with Gasteiger partial charge in [0.2, 0.25) is 11.8 Å². The number of carbonyl (C=O) groups excluding carboxylic acids is 1. The summed E-state index contributed by atoms with van der Waals surface area (Å²) in [6.45, 7) is 2.34. The van der Waals surface area contributed by atoms with Gasteiger partial charge in [0.1, 0.15) is 6.42 Å². The Morgan fingerprint density at radius 2 is 2.00 bits per heavy atom. The fourth-order valence-corrected chi connectivity index (χ4v) is 3.25. The molecule has 3 rings (SSSR count). The van der Waals surface area contributed by atoms with Crippen molar-refractivity contribution in [3.8, 4) is 22.3 Å². The van der Waals surface area contributed by atoms with Gasteiger partial charge in [-0.2, -0.15) is 0 Å². The fraction of sp³-hybridized carbons (Fsp3) is 0.278. The Morgan fingerprint density at radius 3 is 2.69 bits per heavy atom. The predicted octanol–water partition coefficient (Wildman–Crippen LogP) is 2.98. The minimum Gasteiger partial charge on any atom is -0.493 e. The topological polar surface area (TPSA) is 86.5 Å². The lowest BCUT2D eigenvalue weighted by Crippen LogP contribution is -2.24. The molecule has 136 valence electrons. The van der Waals surface area contributed by atoms with Crippen LogP contribution in [0.15, 0.2) is 34.1 Å². The number of aryl methyl sites for hydroxylation is 1. The van der Waals surface area contributed by atoms with Crippen LogP contribution in [0.5, 0.6) is 11.5 Å². The first-order valence-electron chi connectivity index (χ1n) is 7.95. The molecular formula is C18H19N3O4S. The molecule has 0 atom stereocenters. The van der Waals surface area contributed by atoms with E-state index < -0.39 is 0 Å². The summed E-state index contributed by atoms with van der Waals surface area (Å²) in [4.78, 5) is 13.1. The largest absolute Gasteiger partial charge is 0.493 e. The lowest BCUT2D eigenvalue weighted by atomic mass is 10.2. The predicted molar refractivity (Wildman–Crippen MR) is 97.4 cm³/mol. The number of carbonyl (C=O) groups is 1. The maximum atomic E-state index is 12.1. The van der Waals surface area contributed by atoms with E-state index in [4.69, 9.17) is 13.9 Å². The Bertz CT molecular complexity index is 903. The van der Waals surface area contributed by atoms with Crippen molar-refractivity contribution in [2.75, 3.05) is 14.2 Å². The average Bonchev–Trinajstić information content (AvgIpc) is 3.28. The molecule has 0 aliphatic heterocycles. The highest BCUT2D eigenvalue weighted by Gasteiger charge is 2.15. The number of rotatable bonds is 7. The zero-order valence-electron chi connectivity index (χ0n) is 14.7. The quantitative estimate of drug-likeness (QED) is 0.685. The van der Waals surface area contributed by atoms with Gasteiger partial charge in [-0.3, -0.25) is 4.79 Å². The molecule has 1 amide bonds. The number of benzene rings is 1. The number of thiophene rings is 1. The van der Waals surface area contributed by atoms with Gasteiger partial charge in [0.05, 0.1) is 19.1 Å². The number of amides is 1. The first-order chi connectivity index (χ1) is 12.6. The minimum atomic E-state index is -0.196. The van der Waals surface area contributed by atoms with Crippen molar-refractivity contribution in [2.24, 2.45) is 0 Å². The van der Waals surface area contributed by atoms with Crippen LogP contribution in [0.3, 0.4) is 0 Å². The smallest absolute Gasteiger partial charge is 0.258 e. The highest BCUT2D eigenvalue weighted by Crippen LogP contribution is 2.28. The molecule has 1 aromatic carbocycles. The van der Waals surface area contributed by atoms with E-state index in [-0.39, 0.29) is 18.2 Å². The van der Waals surface area contributed by atoms with Crippen molar-refractivity contribution in [1.82, 2.24) is 15.5 Å². The van der Waals surface area contributed by atoms with Crippen molar-refractivity contribution < 1.29 is 18.7 Å². The van der Waals surface area contributed by atoms with E-state index in [0.29, 0.717) is 23.9 Å². The summed E-state index contributed by atoms with van der Waals surface area (Å²) >= 11 is 1.53. The number of nitrogens with one attached hydrogen (secondary N) is 1. The van der Waals surface area contributed by atoms with Gasteiger partial charge in [-0.25, -0.2) is 0 Å². The van der Waals surface area contributed by atoms with E-state index in [1.54, 1.807) is 20.3 Å². The standard InChI is InChI=1S/C18H19N3O4S/c1-11-6-7-26-17(11)18-21-20-16(25-18)9-15(22)19-10-12-4-5-13(23-2)14(8-12)24-3/h4-8H,9-10H2,1-3H3,(H,19,22). The molecule has 0 aliphatic carbocycles. The molecule has 2 heterocycles. The van der Waals surface area contributed by atoms with Crippen LogP contribution in [0.25, 0.3) is 10.8 Å². The fourth-order valence-electron chi connectivity index (χ4n) is 2.40. The van der Waals surface area contributed by atoms with Crippen molar-refractivity contribution in [2.45, 2.75) is 19.9 Å². The van der Waals surface area contributed by atoms with Crippen LogP contribution in [0.2, 0.25) is 0 Å². The van der Waals surface area contributed by atoms with Gasteiger partial charge in [0.15, 0.2) is 11.5 Å². The third-order valence-electron chi connectivity index (χ3n) is 3.77. The molecule has 0 unspecified atom stereocenters. The molecule has 0 bridgehead atoms. The summed E-state index contributed by atoms with van der Waals surface area (Å²) in [6, 6.07) is 7.48. The highest BCUT2D eigenvalue weighted by molar-refractivity contribution is 7.13. The first kappa shape index (κ1) is 17.9. The SMILES string of the molecule is COc1ccc(CNC(=O)Cc2nnc(-c3sccc3C)o2)cc1OC. The Morgan fingerprint density at radius 1 is 1.19 bits per heavy atom. The number of hydrogen-bond acceptors (Lipinski definition) is 7. The van der Waals surface area contributed by atoms with E-state index in [1.807, 2.05) is 30.5 Å². The Kier molecular flexibility index (Phi) is 5.52. The number of nitrogens with zero attached hydrogens (tertiary/aromatic N) is 2. The number of aromatic nitrogens is 2. The Hall–Kier alpha value is -2.87. The normalized spacial score (nSPS) is 10.6. The molecule has 0 fully saturated rings. The van der Waals surface area contributed by atoms with Crippen molar-refractivity contribution in [3.63, 3.8) is 0 Å². The van der Waals surface area contributed by atoms with Crippen molar-refractivity contribution >= 4 is 17.2 Å². The minimum absolute atomic E-state index is 0.0325. The van der Waals surface area contributed by atoms with E-state index >= 15 is 0 Å². The molecule has 3 aromatic rings. The van der Waals surface area contributed by atoms with Crippen molar-refractivity contribution in [3.05, 3.63) is 46.7 Å². The van der Waals surface area contributed by atoms with Crippen molar-refractivity contribution in [1.29, 1.82) is 0 Å². The van der Waals surface area contributed by atoms with Crippen LogP contribution < -0.4 is 14.8 Å². The highest BCUT2D eigenvalue weighted by atomic mass is 32.1. The van der Waals surface area contributed by atoms with Crippen LogP contribution in [0.4, 0.5) is 0 Å². The van der Waals surface area contributed by atoms with Gasteiger partial charge in [-0.15, -0.1) is 21.5 Å². The monoisotopic (exact) mass is 373 g/mol. The molecular weight excluding hydrogens is 354 g/mol. The van der Waals surface area contributed by atoms with E-state index in [0.717, 1.165) is 16.0 Å². The maximum Gasteiger partial charge on any atom is 0.258 e. The molecule has 26 heavy (non-hydrogen) atoms. The summed E-state index contributed by atoms with van der Waals surface area (Å²) in [5.74, 6) is 1.80. The summed E-state index contributed by atoms with van der Waals surface area (Å²) in [5.41, 5.74) is 1.97. The van der Waals surface area contributed by atoms with Crippen LogP contribution in [0.1, 0.15) is 17.0 Å². The summed E-state index contributed by atoms with van der Waals surface area (Å²) in [7, 11) is 3.15. The van der Waals surface area contributed by atoms with Crippen LogP contribution >= 0.6 is 11.3 Å². The molecule has 0 aliphatic rings. The van der Waals surface area contributed by atoms with Gasteiger partial charge in [-0.05, 0) is 41.6 Å². The Labute approximate surface area is 155 Å². The van der Waals surface area contributed by atoms with Gasteiger partial charge >= 0.3 is 0 Å². The maximum absolute atomic E-state index is 12.1. The Balaban J connectivity index is 1.58. The van der Waals surface area contributed by atoms with E-state index in [9.17, 15) is 4.79 Å². The average molecular weight is 373 g/mol. The molecule has 2 aromatic heterocycles. The summed E-state index contributed by atoms with van der Waals surface area (Å²) < 4.78 is 16.0. The first-order valence-corrected chi connectivity index (χ1v) is 8.83. The van der Waals surface area contributed by atoms with Gasteiger partial charge in [-0.1, -0.05) is 6.07 Å². The third kappa shape index (κ3) is 4.02. The van der Waals surface area contributed by atoms with E-state index in [1.165, 1.54) is 11.3 Å². The molecule has 7 nitrogen and oxygen atoms in total. The van der Waals surface area contributed by atoms with Gasteiger partial charge in [0, 0.05) is 6.54 Å². The zero-order valence-corrected chi connectivity index (χ0v) is 15.6. The molecule has 0 radical (unpaired) electrons. The van der Waals surface area contributed by atoms with Crippen LogP contribution in [0, 0.1) is 6.92 Å². The van der Waals surface area contributed by atoms with Gasteiger partial charge in [0.25, 0.3) is 5.89 Å². The van der Waals surface area contributed by atoms with Crippen LogP contribution in [-0.4, -0.2) is 30.3 Å². The number of methoxy groups -OCH3 is 2. The number of ether oxygens (including phenoxy) is 2. The third-order valence-corrected chi connectivity index (χ3v) is 4.78. The molecule has 1 N–H and O–H groups in total. The van der Waals surface area contributed by atoms with E-state index in [2.05, 4.69) is 15.5 Å². The van der Waals surface area contributed by atoms with Gasteiger partial charge < -0.3 is 19.2 Å². The number of hydrogen-bond donors (Lipinski definition) is 1. The second-order valence-electron chi connectivity index (χ2n) is 5.58. The zero-order chi connectivity index (χ0) is 18.5. The second-order valence-corrected chi connectivity index (χ2v) is 6.49. The molecule has 0 saturated carbocycles. The van der Waals surface area contributed by atoms with Crippen LogP contribution in [-0.2, 0) is 17.8 Å². The molecule has 8 heteroatoms. The lowest BCUT2D eigenvalue weighted by molar-refractivity contribution is -0.120. The molecule has 0 saturated heterocycles. The summed E-state index contributed by atoms with van der Waals surface area (Å²) in [6.07, 6.45) is 0.0325. The molecule has 0 spiro atoms. The second kappa shape index (κ2) is 8.01. The summed E-state index contributed by atoms with van der Waals surface area (Å²) in [5, 5.41) is 12.8.